The number of ether oxygens (including phenoxy) is 1. The van der Waals surface area contributed by atoms with Gasteiger partial charge in [-0.3, -0.25) is 4.79 Å². The van der Waals surface area contributed by atoms with Crippen LogP contribution in [0.15, 0.2) is 27.6 Å². The lowest BCUT2D eigenvalue weighted by Crippen LogP contribution is -2.14. The number of aryl methyl sites for hydroxylation is 1. The Labute approximate surface area is 103 Å². The Balaban J connectivity index is 2.76. The van der Waals surface area contributed by atoms with E-state index in [2.05, 4.69) is 20.7 Å². The zero-order valence-corrected chi connectivity index (χ0v) is 11.3. The molecule has 0 aliphatic carbocycles. The van der Waals surface area contributed by atoms with Crippen molar-refractivity contribution in [2.24, 2.45) is 0 Å². The van der Waals surface area contributed by atoms with E-state index in [4.69, 9.17) is 0 Å². The Morgan fingerprint density at radius 2 is 2.20 bits per heavy atom. The van der Waals surface area contributed by atoms with Gasteiger partial charge in [0, 0.05) is 9.37 Å². The Kier molecular flexibility index (Phi) is 4.67. The molecule has 0 bridgehead atoms. The Hall–Kier alpha value is -0.480. The van der Waals surface area contributed by atoms with Crippen molar-refractivity contribution >= 4 is 33.7 Å². The molecule has 1 aromatic carbocycles. The molecule has 0 aliphatic heterocycles. The molecule has 1 aromatic rings. The van der Waals surface area contributed by atoms with E-state index in [-0.39, 0.29) is 11.2 Å². The number of carbonyl (C=O) groups excluding carboxylic acids is 1. The summed E-state index contributed by atoms with van der Waals surface area (Å²) in [6.45, 7) is 3.87. The molecule has 0 saturated heterocycles. The van der Waals surface area contributed by atoms with E-state index in [1.807, 2.05) is 32.0 Å². The number of hydrogen-bond donors (Lipinski definition) is 0. The van der Waals surface area contributed by atoms with Crippen molar-refractivity contribution < 1.29 is 9.53 Å². The van der Waals surface area contributed by atoms with Gasteiger partial charge < -0.3 is 4.74 Å². The first kappa shape index (κ1) is 12.6. The Bertz CT molecular complexity index is 366. The van der Waals surface area contributed by atoms with Crippen LogP contribution in [0.3, 0.4) is 0 Å². The maximum atomic E-state index is 11.2. The third-order valence-electron chi connectivity index (χ3n) is 1.97. The maximum Gasteiger partial charge on any atom is 0.318 e. The fraction of sp³-hybridized carbons (Fsp3) is 0.364. The lowest BCUT2D eigenvalue weighted by Gasteiger charge is -2.10. The van der Waals surface area contributed by atoms with Gasteiger partial charge in [0.1, 0.15) is 5.25 Å². The third kappa shape index (κ3) is 3.54. The predicted octanol–water partition coefficient (Wildman–Crippen LogP) is 3.41. The van der Waals surface area contributed by atoms with Crippen molar-refractivity contribution in [2.45, 2.75) is 24.0 Å². The normalized spacial score (nSPS) is 12.3. The fourth-order valence-electron chi connectivity index (χ4n) is 1.15. The lowest BCUT2D eigenvalue weighted by atomic mass is 10.2. The molecule has 0 radical (unpaired) electrons. The minimum atomic E-state index is -0.192. The van der Waals surface area contributed by atoms with Crippen LogP contribution in [0.4, 0.5) is 0 Å². The standard InChI is InChI=1S/C11H13BrO2S/c1-7-6-9(12)4-5-10(7)15-8(2)11(13)14-3/h4-6,8H,1-3H3. The number of carbonyl (C=O) groups is 1. The largest absolute Gasteiger partial charge is 0.468 e. The second-order valence-electron chi connectivity index (χ2n) is 3.19. The summed E-state index contributed by atoms with van der Waals surface area (Å²) in [6.07, 6.45) is 0. The first-order valence-corrected chi connectivity index (χ1v) is 6.22. The molecule has 1 atom stereocenters. The maximum absolute atomic E-state index is 11.2. The van der Waals surface area contributed by atoms with Gasteiger partial charge in [-0.05, 0) is 37.6 Å². The van der Waals surface area contributed by atoms with Crippen LogP contribution in [0.2, 0.25) is 0 Å². The average Bonchev–Trinajstić information content (AvgIpc) is 2.20. The summed E-state index contributed by atoms with van der Waals surface area (Å²) in [5, 5.41) is -0.171. The summed E-state index contributed by atoms with van der Waals surface area (Å²) < 4.78 is 5.73. The zero-order valence-electron chi connectivity index (χ0n) is 8.91. The highest BCUT2D eigenvalue weighted by Gasteiger charge is 2.15. The van der Waals surface area contributed by atoms with Crippen LogP contribution in [0.1, 0.15) is 12.5 Å². The molecular weight excluding hydrogens is 276 g/mol. The van der Waals surface area contributed by atoms with E-state index in [1.54, 1.807) is 0 Å². The summed E-state index contributed by atoms with van der Waals surface area (Å²) in [5.74, 6) is -0.192. The van der Waals surface area contributed by atoms with E-state index >= 15 is 0 Å². The molecule has 4 heteroatoms. The molecular formula is C11H13BrO2S. The van der Waals surface area contributed by atoms with Gasteiger partial charge in [0.2, 0.25) is 0 Å². The molecule has 0 aromatic heterocycles. The van der Waals surface area contributed by atoms with E-state index in [0.717, 1.165) is 14.9 Å². The molecule has 0 amide bonds. The van der Waals surface area contributed by atoms with Gasteiger partial charge in [0.25, 0.3) is 0 Å². The number of thioether (sulfide) groups is 1. The van der Waals surface area contributed by atoms with Crippen molar-refractivity contribution in [3.8, 4) is 0 Å². The van der Waals surface area contributed by atoms with E-state index in [9.17, 15) is 4.79 Å². The molecule has 0 heterocycles. The average molecular weight is 289 g/mol. The first-order chi connectivity index (χ1) is 7.04. The molecule has 82 valence electrons. The highest BCUT2D eigenvalue weighted by molar-refractivity contribution is 9.10. The topological polar surface area (TPSA) is 26.3 Å². The van der Waals surface area contributed by atoms with E-state index < -0.39 is 0 Å². The van der Waals surface area contributed by atoms with Crippen molar-refractivity contribution in [2.75, 3.05) is 7.11 Å². The van der Waals surface area contributed by atoms with Crippen LogP contribution in [-0.2, 0) is 9.53 Å². The quantitative estimate of drug-likeness (QED) is 0.630. The van der Waals surface area contributed by atoms with Crippen molar-refractivity contribution in [1.82, 2.24) is 0 Å². The van der Waals surface area contributed by atoms with Crippen LogP contribution in [0.25, 0.3) is 0 Å². The molecule has 1 unspecified atom stereocenters. The van der Waals surface area contributed by atoms with Gasteiger partial charge in [-0.1, -0.05) is 15.9 Å². The zero-order chi connectivity index (χ0) is 11.4. The number of hydrogen-bond acceptors (Lipinski definition) is 3. The number of halogens is 1. The smallest absolute Gasteiger partial charge is 0.318 e. The van der Waals surface area contributed by atoms with Gasteiger partial charge in [-0.2, -0.15) is 0 Å². The monoisotopic (exact) mass is 288 g/mol. The fourth-order valence-corrected chi connectivity index (χ4v) is 2.59. The molecule has 15 heavy (non-hydrogen) atoms. The van der Waals surface area contributed by atoms with Crippen LogP contribution >= 0.6 is 27.7 Å². The molecule has 0 N–H and O–H groups in total. The predicted molar refractivity (Wildman–Crippen MR) is 66.2 cm³/mol. The molecule has 0 saturated carbocycles. The Morgan fingerprint density at radius 3 is 2.73 bits per heavy atom. The number of esters is 1. The molecule has 0 fully saturated rings. The Morgan fingerprint density at radius 1 is 1.53 bits per heavy atom. The van der Waals surface area contributed by atoms with Crippen LogP contribution in [0, 0.1) is 6.92 Å². The highest BCUT2D eigenvalue weighted by Crippen LogP contribution is 2.28. The summed E-state index contributed by atoms with van der Waals surface area (Å²) in [7, 11) is 1.41. The van der Waals surface area contributed by atoms with Crippen LogP contribution in [-0.4, -0.2) is 18.3 Å². The SMILES string of the molecule is COC(=O)C(C)Sc1ccc(Br)cc1C. The molecule has 0 aliphatic rings. The van der Waals surface area contributed by atoms with Gasteiger partial charge in [0.05, 0.1) is 7.11 Å². The summed E-state index contributed by atoms with van der Waals surface area (Å²) in [6, 6.07) is 6.01. The molecule has 2 nitrogen and oxygen atoms in total. The van der Waals surface area contributed by atoms with Gasteiger partial charge in [-0.25, -0.2) is 0 Å². The van der Waals surface area contributed by atoms with E-state index in [0.29, 0.717) is 0 Å². The minimum absolute atomic E-state index is 0.171. The van der Waals surface area contributed by atoms with Gasteiger partial charge in [-0.15, -0.1) is 11.8 Å². The lowest BCUT2D eigenvalue weighted by molar-refractivity contribution is -0.139. The van der Waals surface area contributed by atoms with Crippen molar-refractivity contribution in [3.05, 3.63) is 28.2 Å². The number of benzene rings is 1. The summed E-state index contributed by atoms with van der Waals surface area (Å²) in [4.78, 5) is 12.3. The molecule has 1 rings (SSSR count). The van der Waals surface area contributed by atoms with Crippen molar-refractivity contribution in [3.63, 3.8) is 0 Å². The number of rotatable bonds is 3. The highest BCUT2D eigenvalue weighted by atomic mass is 79.9. The van der Waals surface area contributed by atoms with Crippen LogP contribution < -0.4 is 0 Å². The van der Waals surface area contributed by atoms with E-state index in [1.165, 1.54) is 18.9 Å². The first-order valence-electron chi connectivity index (χ1n) is 4.55. The second-order valence-corrected chi connectivity index (χ2v) is 5.49. The van der Waals surface area contributed by atoms with Gasteiger partial charge in [0.15, 0.2) is 0 Å². The van der Waals surface area contributed by atoms with Crippen LogP contribution in [0.5, 0.6) is 0 Å². The minimum Gasteiger partial charge on any atom is -0.468 e. The molecule has 0 spiro atoms. The van der Waals surface area contributed by atoms with Crippen molar-refractivity contribution in [1.29, 1.82) is 0 Å². The number of methoxy groups -OCH3 is 1. The summed E-state index contributed by atoms with van der Waals surface area (Å²) in [5.41, 5.74) is 1.16. The summed E-state index contributed by atoms with van der Waals surface area (Å²) >= 11 is 4.92. The second kappa shape index (κ2) is 5.56. The van der Waals surface area contributed by atoms with Gasteiger partial charge >= 0.3 is 5.97 Å². The third-order valence-corrected chi connectivity index (χ3v) is 3.73.